The molecule has 0 N–H and O–H groups in total. The molecule has 2 rings (SSSR count). The molecule has 0 radical (unpaired) electrons. The molecule has 0 unspecified atom stereocenters. The summed E-state index contributed by atoms with van der Waals surface area (Å²) in [6.07, 6.45) is 4.35. The zero-order valence-corrected chi connectivity index (χ0v) is 13.1. The van der Waals surface area contributed by atoms with Crippen molar-refractivity contribution in [2.75, 3.05) is 11.4 Å². The van der Waals surface area contributed by atoms with Gasteiger partial charge in [0.2, 0.25) is 5.91 Å². The summed E-state index contributed by atoms with van der Waals surface area (Å²) in [5, 5.41) is 11.0. The number of unbranched alkanes of at least 4 members (excludes halogenated alkanes) is 3. The van der Waals surface area contributed by atoms with Crippen LogP contribution in [-0.2, 0) is 4.79 Å². The Labute approximate surface area is 132 Å². The molecule has 22 heavy (non-hydrogen) atoms. The highest BCUT2D eigenvalue weighted by molar-refractivity contribution is 6.04. The highest BCUT2D eigenvalue weighted by atomic mass is 16.2. The largest absolute Gasteiger partial charge is 0.311 e. The first-order chi connectivity index (χ1) is 10.8. The van der Waals surface area contributed by atoms with Crippen LogP contribution in [0, 0.1) is 11.3 Å². The van der Waals surface area contributed by atoms with Crippen LogP contribution in [0.5, 0.6) is 0 Å². The lowest BCUT2D eigenvalue weighted by molar-refractivity contribution is -0.117. The smallest absolute Gasteiger partial charge is 0.241 e. The molecule has 0 saturated heterocycles. The number of fused-ring (bicyclic) bond motifs is 1. The monoisotopic (exact) mass is 294 g/mol. The van der Waals surface area contributed by atoms with E-state index in [1.165, 1.54) is 12.8 Å². The van der Waals surface area contributed by atoms with Crippen LogP contribution in [0.25, 0.3) is 10.8 Å². The maximum Gasteiger partial charge on any atom is 0.241 e. The summed E-state index contributed by atoms with van der Waals surface area (Å²) in [5.74, 6) is -0.115. The van der Waals surface area contributed by atoms with Crippen molar-refractivity contribution in [1.29, 1.82) is 5.26 Å². The molecule has 0 aliphatic rings. The fraction of sp³-hybridized carbons (Fsp3) is 0.368. The second-order valence-corrected chi connectivity index (χ2v) is 5.44. The average molecular weight is 294 g/mol. The van der Waals surface area contributed by atoms with Gasteiger partial charge in [0.1, 0.15) is 6.42 Å². The van der Waals surface area contributed by atoms with Gasteiger partial charge in [0.05, 0.1) is 11.8 Å². The number of hydrogen-bond donors (Lipinski definition) is 0. The zero-order valence-electron chi connectivity index (χ0n) is 13.1. The summed E-state index contributed by atoms with van der Waals surface area (Å²) in [6, 6.07) is 16.0. The van der Waals surface area contributed by atoms with Crippen LogP contribution in [-0.4, -0.2) is 12.5 Å². The molecule has 0 spiro atoms. The van der Waals surface area contributed by atoms with E-state index >= 15 is 0 Å². The van der Waals surface area contributed by atoms with Gasteiger partial charge < -0.3 is 4.90 Å². The van der Waals surface area contributed by atoms with Crippen molar-refractivity contribution < 1.29 is 4.79 Å². The van der Waals surface area contributed by atoms with Gasteiger partial charge in [-0.15, -0.1) is 0 Å². The SMILES string of the molecule is CCCCCCN(C(=O)CC#N)c1cccc2ccccc12. The first kappa shape index (κ1) is 16.0. The van der Waals surface area contributed by atoms with Gasteiger partial charge in [-0.25, -0.2) is 0 Å². The van der Waals surface area contributed by atoms with E-state index in [2.05, 4.69) is 6.92 Å². The van der Waals surface area contributed by atoms with Gasteiger partial charge in [-0.1, -0.05) is 62.6 Å². The van der Waals surface area contributed by atoms with Gasteiger partial charge in [0, 0.05) is 11.9 Å². The van der Waals surface area contributed by atoms with E-state index in [0.29, 0.717) is 6.54 Å². The number of hydrogen-bond acceptors (Lipinski definition) is 2. The number of rotatable bonds is 7. The molecule has 1 amide bonds. The van der Waals surface area contributed by atoms with E-state index in [1.54, 1.807) is 4.90 Å². The molecule has 0 atom stereocenters. The molecule has 2 aromatic carbocycles. The summed E-state index contributed by atoms with van der Waals surface area (Å²) in [6.45, 7) is 2.85. The Morgan fingerprint density at radius 2 is 1.86 bits per heavy atom. The highest BCUT2D eigenvalue weighted by Crippen LogP contribution is 2.27. The lowest BCUT2D eigenvalue weighted by Crippen LogP contribution is -2.31. The molecule has 0 heterocycles. The number of amides is 1. The predicted molar refractivity (Wildman–Crippen MR) is 90.7 cm³/mol. The van der Waals surface area contributed by atoms with Crippen molar-refractivity contribution in [1.82, 2.24) is 0 Å². The normalized spacial score (nSPS) is 10.4. The van der Waals surface area contributed by atoms with E-state index in [1.807, 2.05) is 48.5 Å². The minimum atomic E-state index is -0.115. The molecule has 0 bridgehead atoms. The van der Waals surface area contributed by atoms with Crippen molar-refractivity contribution in [3.05, 3.63) is 42.5 Å². The topological polar surface area (TPSA) is 44.1 Å². The van der Waals surface area contributed by atoms with Crippen molar-refractivity contribution in [2.45, 2.75) is 39.0 Å². The number of carbonyl (C=O) groups is 1. The molecule has 0 aromatic heterocycles. The van der Waals surface area contributed by atoms with Gasteiger partial charge in [-0.05, 0) is 17.9 Å². The summed E-state index contributed by atoms with van der Waals surface area (Å²) in [4.78, 5) is 14.1. The Balaban J connectivity index is 2.30. The summed E-state index contributed by atoms with van der Waals surface area (Å²) >= 11 is 0. The molecule has 0 fully saturated rings. The molecular weight excluding hydrogens is 272 g/mol. The van der Waals surface area contributed by atoms with Gasteiger partial charge in [-0.2, -0.15) is 5.26 Å². The van der Waals surface area contributed by atoms with E-state index in [0.717, 1.165) is 29.3 Å². The van der Waals surface area contributed by atoms with Gasteiger partial charge in [0.25, 0.3) is 0 Å². The van der Waals surface area contributed by atoms with Crippen molar-refractivity contribution in [3.63, 3.8) is 0 Å². The zero-order chi connectivity index (χ0) is 15.8. The third-order valence-corrected chi connectivity index (χ3v) is 3.82. The lowest BCUT2D eigenvalue weighted by atomic mass is 10.1. The number of benzene rings is 2. The Kier molecular flexibility index (Phi) is 5.97. The van der Waals surface area contributed by atoms with Gasteiger partial charge in [0.15, 0.2) is 0 Å². The van der Waals surface area contributed by atoms with Crippen LogP contribution in [0.15, 0.2) is 42.5 Å². The maximum atomic E-state index is 12.4. The van der Waals surface area contributed by atoms with E-state index < -0.39 is 0 Å². The molecule has 0 aliphatic carbocycles. The third kappa shape index (κ3) is 3.85. The molecule has 3 nitrogen and oxygen atoms in total. The quantitative estimate of drug-likeness (QED) is 0.697. The molecule has 0 saturated carbocycles. The lowest BCUT2D eigenvalue weighted by Gasteiger charge is -2.23. The Morgan fingerprint density at radius 3 is 2.64 bits per heavy atom. The molecule has 2 aromatic rings. The fourth-order valence-electron chi connectivity index (χ4n) is 2.68. The number of anilines is 1. The minimum absolute atomic E-state index is 0.0724. The summed E-state index contributed by atoms with van der Waals surface area (Å²) < 4.78 is 0. The van der Waals surface area contributed by atoms with Gasteiger partial charge >= 0.3 is 0 Å². The standard InChI is InChI=1S/C19H22N2O/c1-2-3-4-7-15-21(19(22)13-14-20)18-12-8-10-16-9-5-6-11-17(16)18/h5-6,8-12H,2-4,7,13,15H2,1H3. The number of carbonyl (C=O) groups excluding carboxylic acids is 1. The van der Waals surface area contributed by atoms with E-state index in [4.69, 9.17) is 5.26 Å². The third-order valence-electron chi connectivity index (χ3n) is 3.82. The minimum Gasteiger partial charge on any atom is -0.311 e. The molecular formula is C19H22N2O. The Bertz CT molecular complexity index is 667. The maximum absolute atomic E-state index is 12.4. The molecule has 114 valence electrons. The Morgan fingerprint density at radius 1 is 1.09 bits per heavy atom. The van der Waals surface area contributed by atoms with Crippen LogP contribution in [0.4, 0.5) is 5.69 Å². The van der Waals surface area contributed by atoms with Crippen LogP contribution in [0.1, 0.15) is 39.0 Å². The van der Waals surface area contributed by atoms with Crippen LogP contribution >= 0.6 is 0 Å². The predicted octanol–water partition coefficient (Wildman–Crippen LogP) is 4.67. The molecule has 3 heteroatoms. The van der Waals surface area contributed by atoms with Gasteiger partial charge in [-0.3, -0.25) is 4.79 Å². The first-order valence-electron chi connectivity index (χ1n) is 7.93. The van der Waals surface area contributed by atoms with Crippen molar-refractivity contribution >= 4 is 22.4 Å². The summed E-state index contributed by atoms with van der Waals surface area (Å²) in [7, 11) is 0. The van der Waals surface area contributed by atoms with Crippen LogP contribution < -0.4 is 4.90 Å². The molecule has 0 aliphatic heterocycles. The van der Waals surface area contributed by atoms with Crippen LogP contribution in [0.2, 0.25) is 0 Å². The van der Waals surface area contributed by atoms with Crippen molar-refractivity contribution in [2.24, 2.45) is 0 Å². The second-order valence-electron chi connectivity index (χ2n) is 5.44. The number of nitrogens with zero attached hydrogens (tertiary/aromatic N) is 2. The Hall–Kier alpha value is -2.34. The fourth-order valence-corrected chi connectivity index (χ4v) is 2.68. The first-order valence-corrected chi connectivity index (χ1v) is 7.93. The summed E-state index contributed by atoms with van der Waals surface area (Å²) in [5.41, 5.74) is 0.912. The average Bonchev–Trinajstić information content (AvgIpc) is 2.55. The second kappa shape index (κ2) is 8.19. The van der Waals surface area contributed by atoms with E-state index in [-0.39, 0.29) is 12.3 Å². The van der Waals surface area contributed by atoms with E-state index in [9.17, 15) is 4.79 Å². The van der Waals surface area contributed by atoms with Crippen molar-refractivity contribution in [3.8, 4) is 6.07 Å². The number of nitriles is 1. The highest BCUT2D eigenvalue weighted by Gasteiger charge is 2.17. The van der Waals surface area contributed by atoms with Crippen LogP contribution in [0.3, 0.4) is 0 Å².